The number of ether oxygens (including phenoxy) is 1. The molecule has 7 heteroatoms. The van der Waals surface area contributed by atoms with Crippen LogP contribution < -0.4 is 10.5 Å². The van der Waals surface area contributed by atoms with Crippen molar-refractivity contribution in [2.45, 2.75) is 6.54 Å². The van der Waals surface area contributed by atoms with E-state index >= 15 is 0 Å². The SMILES string of the molecule is COc1c(F)cc(Br)cc1-c1noc(CN)n1. The van der Waals surface area contributed by atoms with Crippen LogP contribution in [0.5, 0.6) is 5.75 Å². The molecule has 0 saturated carbocycles. The lowest BCUT2D eigenvalue weighted by atomic mass is 10.2. The monoisotopic (exact) mass is 301 g/mol. The highest BCUT2D eigenvalue weighted by Crippen LogP contribution is 2.33. The number of aromatic nitrogens is 2. The number of hydrogen-bond acceptors (Lipinski definition) is 5. The van der Waals surface area contributed by atoms with Gasteiger partial charge in [-0.3, -0.25) is 0 Å². The van der Waals surface area contributed by atoms with E-state index in [1.165, 1.54) is 13.2 Å². The van der Waals surface area contributed by atoms with Gasteiger partial charge in [0.2, 0.25) is 11.7 Å². The first-order chi connectivity index (χ1) is 8.15. The number of nitrogens with two attached hydrogens (primary N) is 1. The highest BCUT2D eigenvalue weighted by Gasteiger charge is 2.17. The minimum absolute atomic E-state index is 0.0672. The Labute approximate surface area is 105 Å². The summed E-state index contributed by atoms with van der Waals surface area (Å²) in [5.41, 5.74) is 5.77. The summed E-state index contributed by atoms with van der Waals surface area (Å²) in [6.45, 7) is 0.131. The summed E-state index contributed by atoms with van der Waals surface area (Å²) in [6, 6.07) is 2.94. The van der Waals surface area contributed by atoms with Gasteiger partial charge in [-0.05, 0) is 12.1 Å². The molecule has 0 amide bonds. The predicted molar refractivity (Wildman–Crippen MR) is 61.8 cm³/mol. The molecular formula is C10H9BrFN3O2. The topological polar surface area (TPSA) is 74.2 Å². The summed E-state index contributed by atoms with van der Waals surface area (Å²) in [6.07, 6.45) is 0. The van der Waals surface area contributed by atoms with E-state index in [4.69, 9.17) is 15.0 Å². The maximum atomic E-state index is 13.6. The molecule has 0 atom stereocenters. The van der Waals surface area contributed by atoms with E-state index < -0.39 is 5.82 Å². The second kappa shape index (κ2) is 4.80. The third-order valence-corrected chi connectivity index (χ3v) is 2.55. The fourth-order valence-corrected chi connectivity index (χ4v) is 1.81. The van der Waals surface area contributed by atoms with Gasteiger partial charge in [-0.2, -0.15) is 4.98 Å². The van der Waals surface area contributed by atoms with Crippen molar-refractivity contribution < 1.29 is 13.7 Å². The Morgan fingerprint density at radius 2 is 2.29 bits per heavy atom. The van der Waals surface area contributed by atoms with Crippen LogP contribution in [0.1, 0.15) is 5.89 Å². The molecule has 0 unspecified atom stereocenters. The molecule has 1 aromatic carbocycles. The Balaban J connectivity index is 2.57. The van der Waals surface area contributed by atoms with Crippen molar-refractivity contribution in [3.05, 3.63) is 28.3 Å². The molecule has 0 aliphatic carbocycles. The van der Waals surface area contributed by atoms with E-state index in [-0.39, 0.29) is 24.0 Å². The number of rotatable bonds is 3. The lowest BCUT2D eigenvalue weighted by Gasteiger charge is -2.06. The normalized spacial score (nSPS) is 10.6. The van der Waals surface area contributed by atoms with Gasteiger partial charge in [-0.1, -0.05) is 21.1 Å². The summed E-state index contributed by atoms with van der Waals surface area (Å²) < 4.78 is 24.0. The van der Waals surface area contributed by atoms with Gasteiger partial charge in [0.05, 0.1) is 19.2 Å². The number of methoxy groups -OCH3 is 1. The van der Waals surface area contributed by atoms with Gasteiger partial charge < -0.3 is 15.0 Å². The van der Waals surface area contributed by atoms with Crippen LogP contribution in [-0.2, 0) is 6.54 Å². The fourth-order valence-electron chi connectivity index (χ4n) is 1.38. The van der Waals surface area contributed by atoms with Crippen molar-refractivity contribution in [1.82, 2.24) is 10.1 Å². The van der Waals surface area contributed by atoms with Crippen molar-refractivity contribution in [1.29, 1.82) is 0 Å². The van der Waals surface area contributed by atoms with Crippen molar-refractivity contribution in [2.75, 3.05) is 7.11 Å². The molecule has 0 aliphatic heterocycles. The molecule has 5 nitrogen and oxygen atoms in total. The standard InChI is InChI=1S/C10H9BrFN3O2/c1-16-9-6(2-5(11)3-7(9)12)10-14-8(4-13)17-15-10/h2-3H,4,13H2,1H3. The molecule has 0 bridgehead atoms. The lowest BCUT2D eigenvalue weighted by molar-refractivity contribution is 0.377. The van der Waals surface area contributed by atoms with E-state index in [1.54, 1.807) is 6.07 Å². The van der Waals surface area contributed by atoms with E-state index in [9.17, 15) is 4.39 Å². The van der Waals surface area contributed by atoms with E-state index in [0.29, 0.717) is 10.0 Å². The van der Waals surface area contributed by atoms with Crippen molar-refractivity contribution in [3.63, 3.8) is 0 Å². The van der Waals surface area contributed by atoms with E-state index in [1.807, 2.05) is 0 Å². The average molecular weight is 302 g/mol. The molecule has 90 valence electrons. The van der Waals surface area contributed by atoms with Crippen LogP contribution in [-0.4, -0.2) is 17.3 Å². The smallest absolute Gasteiger partial charge is 0.240 e. The van der Waals surface area contributed by atoms with E-state index in [2.05, 4.69) is 26.1 Å². The van der Waals surface area contributed by atoms with Crippen molar-refractivity contribution in [2.24, 2.45) is 5.73 Å². The molecule has 0 spiro atoms. The Kier molecular flexibility index (Phi) is 3.39. The van der Waals surface area contributed by atoms with Crippen LogP contribution in [0.25, 0.3) is 11.4 Å². The van der Waals surface area contributed by atoms with Gasteiger partial charge in [0, 0.05) is 4.47 Å². The first-order valence-electron chi connectivity index (χ1n) is 4.71. The number of hydrogen-bond donors (Lipinski definition) is 1. The van der Waals surface area contributed by atoms with Crippen LogP contribution in [0.3, 0.4) is 0 Å². The Morgan fingerprint density at radius 3 is 2.88 bits per heavy atom. The molecule has 17 heavy (non-hydrogen) atoms. The first kappa shape index (κ1) is 12.0. The number of benzene rings is 1. The van der Waals surface area contributed by atoms with Crippen LogP contribution in [0.15, 0.2) is 21.1 Å². The second-order valence-electron chi connectivity index (χ2n) is 3.18. The molecule has 2 aromatic rings. The minimum Gasteiger partial charge on any atom is -0.493 e. The highest BCUT2D eigenvalue weighted by molar-refractivity contribution is 9.10. The summed E-state index contributed by atoms with van der Waals surface area (Å²) >= 11 is 3.19. The number of halogens is 2. The van der Waals surface area contributed by atoms with E-state index in [0.717, 1.165) is 0 Å². The average Bonchev–Trinajstić information content (AvgIpc) is 2.76. The predicted octanol–water partition coefficient (Wildman–Crippen LogP) is 2.11. The summed E-state index contributed by atoms with van der Waals surface area (Å²) in [5.74, 6) is 0.0819. The Hall–Kier alpha value is -1.47. The van der Waals surface area contributed by atoms with Crippen LogP contribution in [0.4, 0.5) is 4.39 Å². The quantitative estimate of drug-likeness (QED) is 0.940. The maximum Gasteiger partial charge on any atom is 0.240 e. The highest BCUT2D eigenvalue weighted by atomic mass is 79.9. The molecule has 0 fully saturated rings. The van der Waals surface area contributed by atoms with Gasteiger partial charge in [-0.15, -0.1) is 0 Å². The molecule has 0 saturated heterocycles. The Morgan fingerprint density at radius 1 is 1.53 bits per heavy atom. The maximum absolute atomic E-state index is 13.6. The third-order valence-electron chi connectivity index (χ3n) is 2.10. The van der Waals surface area contributed by atoms with Crippen LogP contribution >= 0.6 is 15.9 Å². The van der Waals surface area contributed by atoms with Gasteiger partial charge in [0.1, 0.15) is 0 Å². The zero-order valence-corrected chi connectivity index (χ0v) is 10.5. The van der Waals surface area contributed by atoms with Gasteiger partial charge in [0.15, 0.2) is 11.6 Å². The van der Waals surface area contributed by atoms with Gasteiger partial charge >= 0.3 is 0 Å². The molecule has 0 radical (unpaired) electrons. The Bertz CT molecular complexity index is 544. The summed E-state index contributed by atoms with van der Waals surface area (Å²) in [5, 5.41) is 3.71. The molecule has 2 rings (SSSR count). The molecule has 1 aromatic heterocycles. The second-order valence-corrected chi connectivity index (χ2v) is 4.10. The fraction of sp³-hybridized carbons (Fsp3) is 0.200. The summed E-state index contributed by atoms with van der Waals surface area (Å²) in [7, 11) is 1.37. The zero-order chi connectivity index (χ0) is 12.4. The molecule has 1 heterocycles. The molecule has 2 N–H and O–H groups in total. The minimum atomic E-state index is -0.504. The van der Waals surface area contributed by atoms with Crippen molar-refractivity contribution in [3.8, 4) is 17.1 Å². The summed E-state index contributed by atoms with van der Waals surface area (Å²) in [4.78, 5) is 4.02. The molecule has 0 aliphatic rings. The lowest BCUT2D eigenvalue weighted by Crippen LogP contribution is -1.96. The van der Waals surface area contributed by atoms with Gasteiger partial charge in [0.25, 0.3) is 0 Å². The largest absolute Gasteiger partial charge is 0.493 e. The third kappa shape index (κ3) is 2.29. The zero-order valence-electron chi connectivity index (χ0n) is 8.91. The van der Waals surface area contributed by atoms with Crippen LogP contribution in [0, 0.1) is 5.82 Å². The number of nitrogens with zero attached hydrogens (tertiary/aromatic N) is 2. The molecular weight excluding hydrogens is 293 g/mol. The first-order valence-corrected chi connectivity index (χ1v) is 5.51. The van der Waals surface area contributed by atoms with Crippen molar-refractivity contribution >= 4 is 15.9 Å². The van der Waals surface area contributed by atoms with Gasteiger partial charge in [-0.25, -0.2) is 4.39 Å². The van der Waals surface area contributed by atoms with Crippen LogP contribution in [0.2, 0.25) is 0 Å².